The third-order valence-corrected chi connectivity index (χ3v) is 3.33. The lowest BCUT2D eigenvalue weighted by atomic mass is 10.2. The summed E-state index contributed by atoms with van der Waals surface area (Å²) >= 11 is 5.90. The quantitative estimate of drug-likeness (QED) is 0.873. The highest BCUT2D eigenvalue weighted by Gasteiger charge is 2.16. The molecule has 122 valence electrons. The lowest BCUT2D eigenvalue weighted by Crippen LogP contribution is -2.30. The first-order valence-electron chi connectivity index (χ1n) is 6.98. The molecule has 2 rings (SSSR count). The number of halogens is 1. The highest BCUT2D eigenvalue weighted by Crippen LogP contribution is 2.26. The van der Waals surface area contributed by atoms with Gasteiger partial charge in [0, 0.05) is 28.9 Å². The fourth-order valence-electron chi connectivity index (χ4n) is 1.92. The Morgan fingerprint density at radius 2 is 1.70 bits per heavy atom. The maximum atomic E-state index is 12.3. The Kier molecular flexibility index (Phi) is 5.71. The number of benzene rings is 2. The predicted molar refractivity (Wildman–Crippen MR) is 89.7 cm³/mol. The topological polar surface area (TPSA) is 56.8 Å². The van der Waals surface area contributed by atoms with E-state index in [0.717, 1.165) is 0 Å². The number of nitrogens with one attached hydrogen (secondary N) is 1. The summed E-state index contributed by atoms with van der Waals surface area (Å²) in [6, 6.07) is 12.0. The summed E-state index contributed by atoms with van der Waals surface area (Å²) in [4.78, 5) is 12.3. The molecular weight excluding hydrogens is 318 g/mol. The van der Waals surface area contributed by atoms with Crippen molar-refractivity contribution < 1.29 is 19.0 Å². The van der Waals surface area contributed by atoms with Gasteiger partial charge in [-0.3, -0.25) is 4.79 Å². The molecule has 0 heterocycles. The first-order chi connectivity index (χ1) is 11.0. The van der Waals surface area contributed by atoms with Gasteiger partial charge in [0.2, 0.25) is 0 Å². The van der Waals surface area contributed by atoms with Crippen LogP contribution in [-0.4, -0.2) is 26.2 Å². The molecule has 0 spiro atoms. The maximum absolute atomic E-state index is 12.3. The minimum absolute atomic E-state index is 0.291. The van der Waals surface area contributed by atoms with Crippen LogP contribution in [0.3, 0.4) is 0 Å². The first-order valence-corrected chi connectivity index (χ1v) is 7.36. The number of methoxy groups -OCH3 is 2. The van der Waals surface area contributed by atoms with Crippen LogP contribution in [0, 0.1) is 0 Å². The van der Waals surface area contributed by atoms with E-state index in [1.807, 2.05) is 0 Å². The molecule has 1 atom stereocenters. The number of hydrogen-bond acceptors (Lipinski definition) is 4. The molecule has 0 aliphatic heterocycles. The van der Waals surface area contributed by atoms with Crippen LogP contribution in [0.15, 0.2) is 42.5 Å². The van der Waals surface area contributed by atoms with Gasteiger partial charge in [-0.15, -0.1) is 0 Å². The average Bonchev–Trinajstić information content (AvgIpc) is 2.54. The maximum Gasteiger partial charge on any atom is 0.265 e. The van der Waals surface area contributed by atoms with Gasteiger partial charge in [-0.05, 0) is 25.1 Å². The number of carbonyl (C=O) groups excluding carboxylic acids is 1. The van der Waals surface area contributed by atoms with Crippen LogP contribution in [0.25, 0.3) is 0 Å². The van der Waals surface area contributed by atoms with Gasteiger partial charge >= 0.3 is 0 Å². The summed E-state index contributed by atoms with van der Waals surface area (Å²) in [6.07, 6.45) is -0.689. The van der Waals surface area contributed by atoms with E-state index in [1.165, 1.54) is 0 Å². The Morgan fingerprint density at radius 3 is 2.26 bits per heavy atom. The van der Waals surface area contributed by atoms with Crippen LogP contribution >= 0.6 is 11.6 Å². The average molecular weight is 336 g/mol. The number of amides is 1. The van der Waals surface area contributed by atoms with Crippen molar-refractivity contribution in [3.05, 3.63) is 47.5 Å². The molecule has 0 radical (unpaired) electrons. The van der Waals surface area contributed by atoms with E-state index >= 15 is 0 Å². The molecule has 0 aliphatic carbocycles. The summed E-state index contributed by atoms with van der Waals surface area (Å²) in [5.41, 5.74) is 0.563. The van der Waals surface area contributed by atoms with E-state index in [4.69, 9.17) is 25.8 Å². The van der Waals surface area contributed by atoms with Crippen LogP contribution in [0.2, 0.25) is 5.02 Å². The fraction of sp³-hybridized carbons (Fsp3) is 0.235. The van der Waals surface area contributed by atoms with E-state index < -0.39 is 6.10 Å². The van der Waals surface area contributed by atoms with Gasteiger partial charge in [0.05, 0.1) is 14.2 Å². The first kappa shape index (κ1) is 17.0. The number of carbonyl (C=O) groups is 1. The zero-order chi connectivity index (χ0) is 16.8. The van der Waals surface area contributed by atoms with Gasteiger partial charge in [-0.2, -0.15) is 0 Å². The number of ether oxygens (including phenoxy) is 3. The molecule has 0 fully saturated rings. The standard InChI is InChI=1S/C17H18ClNO4/c1-11(23-14-6-4-5-12(18)7-14)17(20)19-13-8-15(21-2)10-16(9-13)22-3/h4-11H,1-3H3,(H,19,20)/t11-/m1/s1. The molecule has 0 aromatic heterocycles. The molecule has 0 saturated carbocycles. The van der Waals surface area contributed by atoms with Crippen molar-refractivity contribution in [1.29, 1.82) is 0 Å². The van der Waals surface area contributed by atoms with Gasteiger partial charge in [0.1, 0.15) is 17.2 Å². The van der Waals surface area contributed by atoms with Gasteiger partial charge in [-0.1, -0.05) is 17.7 Å². The molecule has 5 nitrogen and oxygen atoms in total. The van der Waals surface area contributed by atoms with E-state index in [9.17, 15) is 4.79 Å². The SMILES string of the molecule is COc1cc(NC(=O)[C@@H](C)Oc2cccc(Cl)c2)cc(OC)c1. The summed E-state index contributed by atoms with van der Waals surface area (Å²) in [6.45, 7) is 1.66. The van der Waals surface area contributed by atoms with Crippen LogP contribution in [0.4, 0.5) is 5.69 Å². The summed E-state index contributed by atoms with van der Waals surface area (Å²) in [5.74, 6) is 1.41. The molecule has 6 heteroatoms. The molecule has 23 heavy (non-hydrogen) atoms. The fourth-order valence-corrected chi connectivity index (χ4v) is 2.10. The molecular formula is C17H18ClNO4. The van der Waals surface area contributed by atoms with Gasteiger partial charge in [0.25, 0.3) is 5.91 Å². The van der Waals surface area contributed by atoms with Crippen molar-refractivity contribution in [2.45, 2.75) is 13.0 Å². The van der Waals surface area contributed by atoms with Crippen LogP contribution < -0.4 is 19.5 Å². The van der Waals surface area contributed by atoms with E-state index in [-0.39, 0.29) is 5.91 Å². The van der Waals surface area contributed by atoms with E-state index in [2.05, 4.69) is 5.32 Å². The number of hydrogen-bond donors (Lipinski definition) is 1. The summed E-state index contributed by atoms with van der Waals surface area (Å²) in [5, 5.41) is 3.32. The third kappa shape index (κ3) is 4.79. The Morgan fingerprint density at radius 1 is 1.04 bits per heavy atom. The Bertz CT molecular complexity index is 668. The number of anilines is 1. The van der Waals surface area contributed by atoms with Crippen LogP contribution in [0.5, 0.6) is 17.2 Å². The lowest BCUT2D eigenvalue weighted by Gasteiger charge is -2.16. The van der Waals surface area contributed by atoms with Gasteiger partial charge < -0.3 is 19.5 Å². The monoisotopic (exact) mass is 335 g/mol. The zero-order valence-corrected chi connectivity index (χ0v) is 13.9. The zero-order valence-electron chi connectivity index (χ0n) is 13.1. The third-order valence-electron chi connectivity index (χ3n) is 3.10. The Hall–Kier alpha value is -2.40. The van der Waals surface area contributed by atoms with Crippen LogP contribution in [-0.2, 0) is 4.79 Å². The molecule has 2 aromatic rings. The molecule has 0 aliphatic rings. The van der Waals surface area contributed by atoms with Crippen molar-refractivity contribution >= 4 is 23.2 Å². The molecule has 1 amide bonds. The van der Waals surface area contributed by atoms with Crippen molar-refractivity contribution in [1.82, 2.24) is 0 Å². The highest BCUT2D eigenvalue weighted by molar-refractivity contribution is 6.30. The Labute approximate surface area is 140 Å². The predicted octanol–water partition coefficient (Wildman–Crippen LogP) is 3.76. The van der Waals surface area contributed by atoms with Gasteiger partial charge in [-0.25, -0.2) is 0 Å². The van der Waals surface area contributed by atoms with Crippen molar-refractivity contribution in [2.24, 2.45) is 0 Å². The normalized spacial score (nSPS) is 11.5. The largest absolute Gasteiger partial charge is 0.497 e. The molecule has 0 saturated heterocycles. The second-order valence-electron chi connectivity index (χ2n) is 4.81. The second kappa shape index (κ2) is 7.74. The number of rotatable bonds is 6. The lowest BCUT2D eigenvalue weighted by molar-refractivity contribution is -0.122. The van der Waals surface area contributed by atoms with Gasteiger partial charge in [0.15, 0.2) is 6.10 Å². The van der Waals surface area contributed by atoms with Crippen molar-refractivity contribution in [3.8, 4) is 17.2 Å². The van der Waals surface area contributed by atoms with E-state index in [1.54, 1.807) is 63.6 Å². The second-order valence-corrected chi connectivity index (χ2v) is 5.24. The van der Waals surface area contributed by atoms with E-state index in [0.29, 0.717) is 28.0 Å². The summed E-state index contributed by atoms with van der Waals surface area (Å²) in [7, 11) is 3.09. The van der Waals surface area contributed by atoms with Crippen molar-refractivity contribution in [2.75, 3.05) is 19.5 Å². The Balaban J connectivity index is 2.06. The summed E-state index contributed by atoms with van der Waals surface area (Å²) < 4.78 is 15.9. The van der Waals surface area contributed by atoms with Crippen molar-refractivity contribution in [3.63, 3.8) is 0 Å². The minimum atomic E-state index is -0.689. The molecule has 0 unspecified atom stereocenters. The van der Waals surface area contributed by atoms with Crippen LogP contribution in [0.1, 0.15) is 6.92 Å². The molecule has 2 aromatic carbocycles. The molecule has 0 bridgehead atoms. The highest BCUT2D eigenvalue weighted by atomic mass is 35.5. The molecule has 1 N–H and O–H groups in total. The smallest absolute Gasteiger partial charge is 0.265 e. The minimum Gasteiger partial charge on any atom is -0.497 e.